The molecule has 0 aliphatic carbocycles. The molecule has 1 radical (unpaired) electrons. The fraction of sp³-hybridized carbons (Fsp3) is 0.0714. The van der Waals surface area contributed by atoms with E-state index >= 15 is 0 Å². The maximum atomic E-state index is 5.64. The summed E-state index contributed by atoms with van der Waals surface area (Å²) < 4.78 is 1.66. The van der Waals surface area contributed by atoms with Crippen LogP contribution >= 0.6 is 0 Å². The first-order chi connectivity index (χ1) is 8.43. The van der Waals surface area contributed by atoms with Crippen LogP contribution in [0.4, 0.5) is 0 Å². The average molecular weight is 223 g/mol. The number of nitrogens with zero attached hydrogens (tertiary/aromatic N) is 2. The van der Waals surface area contributed by atoms with Crippen molar-refractivity contribution in [1.29, 1.82) is 0 Å². The molecule has 3 nitrogen and oxygen atoms in total. The van der Waals surface area contributed by atoms with E-state index < -0.39 is 0 Å². The molecule has 0 fully saturated rings. The van der Waals surface area contributed by atoms with E-state index in [2.05, 4.69) is 11.2 Å². The molecule has 1 aromatic carbocycles. The van der Waals surface area contributed by atoms with Crippen molar-refractivity contribution >= 4 is 10.9 Å². The van der Waals surface area contributed by atoms with Gasteiger partial charge in [-0.25, -0.2) is 0 Å². The zero-order valence-electron chi connectivity index (χ0n) is 9.21. The Kier molecular flexibility index (Phi) is 2.50. The molecule has 0 bridgehead atoms. The number of hydrogen-bond donors (Lipinski definition) is 0. The third kappa shape index (κ3) is 1.99. The number of para-hydroxylation sites is 1. The summed E-state index contributed by atoms with van der Waals surface area (Å²) in [6, 6.07) is 15.7. The lowest BCUT2D eigenvalue weighted by Gasteiger charge is -2.06. The van der Waals surface area contributed by atoms with Crippen LogP contribution < -0.4 is 4.84 Å². The van der Waals surface area contributed by atoms with Crippen molar-refractivity contribution in [3.8, 4) is 0 Å². The van der Waals surface area contributed by atoms with E-state index in [1.807, 2.05) is 48.5 Å². The van der Waals surface area contributed by atoms with E-state index in [0.29, 0.717) is 6.61 Å². The largest absolute Gasteiger partial charge is 0.407 e. The van der Waals surface area contributed by atoms with E-state index in [4.69, 9.17) is 4.84 Å². The zero-order chi connectivity index (χ0) is 11.5. The Balaban J connectivity index is 1.82. The van der Waals surface area contributed by atoms with Crippen molar-refractivity contribution in [3.63, 3.8) is 0 Å². The summed E-state index contributed by atoms with van der Waals surface area (Å²) in [4.78, 5) is 9.85. The Hall–Kier alpha value is -2.29. The Morgan fingerprint density at radius 2 is 2.00 bits per heavy atom. The molecule has 2 heterocycles. The monoisotopic (exact) mass is 223 g/mol. The standard InChI is InChI=1S/C14H11N2O/c1-2-7-14-12(5-1)8-10-16(14)17-11-13-6-3-4-9-15-13/h1-9H,11H2. The molecule has 0 aliphatic heterocycles. The van der Waals surface area contributed by atoms with Crippen molar-refractivity contribution in [1.82, 2.24) is 9.71 Å². The second-order valence-corrected chi connectivity index (χ2v) is 3.72. The van der Waals surface area contributed by atoms with Crippen LogP contribution in [0.1, 0.15) is 5.69 Å². The van der Waals surface area contributed by atoms with Crippen LogP contribution in [-0.2, 0) is 6.61 Å². The molecule has 2 aromatic heterocycles. The normalized spacial score (nSPS) is 10.6. The molecule has 3 rings (SSSR count). The topological polar surface area (TPSA) is 27.1 Å². The summed E-state index contributed by atoms with van der Waals surface area (Å²) in [5, 5.41) is 1.12. The average Bonchev–Trinajstić information content (AvgIpc) is 2.81. The molecule has 0 N–H and O–H groups in total. The molecule has 0 saturated heterocycles. The summed E-state index contributed by atoms with van der Waals surface area (Å²) in [5.74, 6) is 0. The van der Waals surface area contributed by atoms with Crippen molar-refractivity contribution in [3.05, 3.63) is 66.6 Å². The van der Waals surface area contributed by atoms with Gasteiger partial charge < -0.3 is 4.84 Å². The molecule has 83 valence electrons. The third-order valence-corrected chi connectivity index (χ3v) is 2.56. The Bertz CT molecular complexity index is 616. The quantitative estimate of drug-likeness (QED) is 0.682. The highest BCUT2D eigenvalue weighted by Crippen LogP contribution is 2.13. The summed E-state index contributed by atoms with van der Waals surface area (Å²) >= 11 is 0. The van der Waals surface area contributed by atoms with Crippen LogP contribution in [0.2, 0.25) is 0 Å². The predicted molar refractivity (Wildman–Crippen MR) is 65.3 cm³/mol. The van der Waals surface area contributed by atoms with Gasteiger partial charge in [-0.2, -0.15) is 4.73 Å². The van der Waals surface area contributed by atoms with E-state index in [1.165, 1.54) is 0 Å². The highest BCUT2D eigenvalue weighted by atomic mass is 16.7. The molecular weight excluding hydrogens is 212 g/mol. The number of aromatic nitrogens is 2. The van der Waals surface area contributed by atoms with Gasteiger partial charge in [0.1, 0.15) is 6.20 Å². The SMILES string of the molecule is [c]1cc2ccccc2n1OCc1ccccn1. The number of pyridine rings is 1. The first kappa shape index (κ1) is 9.90. The molecule has 0 unspecified atom stereocenters. The molecular formula is C14H11N2O. The maximum absolute atomic E-state index is 5.64. The Morgan fingerprint density at radius 3 is 2.88 bits per heavy atom. The van der Waals surface area contributed by atoms with Gasteiger partial charge in [-0.15, -0.1) is 0 Å². The van der Waals surface area contributed by atoms with Gasteiger partial charge in [-0.1, -0.05) is 24.3 Å². The molecule has 0 spiro atoms. The molecule has 0 amide bonds. The highest BCUT2D eigenvalue weighted by Gasteiger charge is 2.01. The van der Waals surface area contributed by atoms with E-state index in [9.17, 15) is 0 Å². The minimum Gasteiger partial charge on any atom is -0.407 e. The second kappa shape index (κ2) is 4.29. The summed E-state index contributed by atoms with van der Waals surface area (Å²) in [5.41, 5.74) is 1.92. The van der Waals surface area contributed by atoms with Gasteiger partial charge in [0.05, 0.1) is 11.2 Å². The van der Waals surface area contributed by atoms with Crippen LogP contribution in [0, 0.1) is 6.20 Å². The molecule has 0 aliphatic rings. The third-order valence-electron chi connectivity index (χ3n) is 2.56. The van der Waals surface area contributed by atoms with Gasteiger partial charge in [-0.3, -0.25) is 4.98 Å². The molecule has 0 saturated carbocycles. The van der Waals surface area contributed by atoms with E-state index in [0.717, 1.165) is 16.6 Å². The highest BCUT2D eigenvalue weighted by molar-refractivity contribution is 5.79. The van der Waals surface area contributed by atoms with Gasteiger partial charge >= 0.3 is 0 Å². The first-order valence-corrected chi connectivity index (χ1v) is 5.45. The lowest BCUT2D eigenvalue weighted by Crippen LogP contribution is -2.10. The van der Waals surface area contributed by atoms with Crippen LogP contribution in [0.15, 0.2) is 54.7 Å². The van der Waals surface area contributed by atoms with E-state index in [-0.39, 0.29) is 0 Å². The predicted octanol–water partition coefficient (Wildman–Crippen LogP) is 2.47. The van der Waals surface area contributed by atoms with Crippen LogP contribution in [0.3, 0.4) is 0 Å². The van der Waals surface area contributed by atoms with E-state index in [1.54, 1.807) is 10.9 Å². The van der Waals surface area contributed by atoms with Crippen LogP contribution in [-0.4, -0.2) is 9.71 Å². The van der Waals surface area contributed by atoms with Crippen LogP contribution in [0.25, 0.3) is 10.9 Å². The minimum absolute atomic E-state index is 0.440. The molecule has 3 aromatic rings. The summed E-state index contributed by atoms with van der Waals surface area (Å²) in [6.45, 7) is 0.440. The smallest absolute Gasteiger partial charge is 0.157 e. The van der Waals surface area contributed by atoms with Gasteiger partial charge in [0.25, 0.3) is 0 Å². The molecule has 3 heteroatoms. The lowest BCUT2D eigenvalue weighted by atomic mass is 10.3. The van der Waals surface area contributed by atoms with Gasteiger partial charge in [0.2, 0.25) is 0 Å². The number of fused-ring (bicyclic) bond motifs is 1. The Morgan fingerprint density at radius 1 is 1.12 bits per heavy atom. The van der Waals surface area contributed by atoms with Crippen molar-refractivity contribution in [2.45, 2.75) is 6.61 Å². The first-order valence-electron chi connectivity index (χ1n) is 5.45. The van der Waals surface area contributed by atoms with Crippen molar-refractivity contribution in [2.24, 2.45) is 0 Å². The van der Waals surface area contributed by atoms with Crippen molar-refractivity contribution in [2.75, 3.05) is 0 Å². The fourth-order valence-corrected chi connectivity index (χ4v) is 1.71. The maximum Gasteiger partial charge on any atom is 0.157 e. The number of hydrogen-bond acceptors (Lipinski definition) is 2. The lowest BCUT2D eigenvalue weighted by molar-refractivity contribution is 0.103. The summed E-state index contributed by atoms with van der Waals surface area (Å²) in [7, 11) is 0. The van der Waals surface area contributed by atoms with Crippen LogP contribution in [0.5, 0.6) is 0 Å². The van der Waals surface area contributed by atoms with Gasteiger partial charge in [0.15, 0.2) is 6.61 Å². The minimum atomic E-state index is 0.440. The second-order valence-electron chi connectivity index (χ2n) is 3.72. The summed E-state index contributed by atoms with van der Waals surface area (Å²) in [6.07, 6.45) is 4.81. The van der Waals surface area contributed by atoms with Gasteiger partial charge in [0, 0.05) is 11.6 Å². The molecule has 0 atom stereocenters. The number of benzene rings is 1. The number of rotatable bonds is 3. The van der Waals surface area contributed by atoms with Crippen molar-refractivity contribution < 1.29 is 4.84 Å². The zero-order valence-corrected chi connectivity index (χ0v) is 9.21. The Labute approximate surface area is 99.2 Å². The molecule has 17 heavy (non-hydrogen) atoms. The van der Waals surface area contributed by atoms with Gasteiger partial charge in [-0.05, 0) is 24.3 Å². The fourth-order valence-electron chi connectivity index (χ4n) is 1.71.